The van der Waals surface area contributed by atoms with Gasteiger partial charge in [-0.1, -0.05) is 57.2 Å². The van der Waals surface area contributed by atoms with Crippen molar-refractivity contribution in [3.63, 3.8) is 0 Å². The Kier molecular flexibility index (Phi) is 5.06. The van der Waals surface area contributed by atoms with Gasteiger partial charge in [-0.25, -0.2) is 4.57 Å². The summed E-state index contributed by atoms with van der Waals surface area (Å²) in [6.45, 7) is 10.8. The van der Waals surface area contributed by atoms with E-state index in [1.807, 2.05) is 12.1 Å². The molecule has 0 N–H and O–H groups in total. The van der Waals surface area contributed by atoms with Crippen molar-refractivity contribution in [3.05, 3.63) is 89.1 Å². The summed E-state index contributed by atoms with van der Waals surface area (Å²) in [6.07, 6.45) is 2.08. The first-order valence-corrected chi connectivity index (χ1v) is 11.7. The Morgan fingerprint density at radius 3 is 2.12 bits per heavy atom. The Hall–Kier alpha value is -3.90. The summed E-state index contributed by atoms with van der Waals surface area (Å²) in [7, 11) is 2.06. The molecule has 0 spiro atoms. The highest BCUT2D eigenvalue weighted by atomic mass is 16.3. The van der Waals surface area contributed by atoms with Crippen LogP contribution in [0.4, 0.5) is 0 Å². The normalized spacial score (nSPS) is 11.8. The number of nitriles is 1. The molecular formula is C31H29N2O+. The average Bonchev–Trinajstić information content (AvgIpc) is 3.18. The summed E-state index contributed by atoms with van der Waals surface area (Å²) in [4.78, 5) is 0. The molecule has 0 aliphatic carbocycles. The Balaban J connectivity index is 1.84. The van der Waals surface area contributed by atoms with Gasteiger partial charge in [-0.3, -0.25) is 0 Å². The van der Waals surface area contributed by atoms with Crippen molar-refractivity contribution in [1.29, 1.82) is 5.26 Å². The van der Waals surface area contributed by atoms with Crippen LogP contribution in [0, 0.1) is 25.2 Å². The highest BCUT2D eigenvalue weighted by Crippen LogP contribution is 2.42. The fraction of sp³-hybridized carbons (Fsp3) is 0.226. The van der Waals surface area contributed by atoms with Gasteiger partial charge in [-0.05, 0) is 53.6 Å². The van der Waals surface area contributed by atoms with Crippen LogP contribution in [0.1, 0.15) is 43.0 Å². The van der Waals surface area contributed by atoms with Gasteiger partial charge >= 0.3 is 0 Å². The number of aromatic nitrogens is 1. The maximum Gasteiger partial charge on any atom is 0.216 e. The lowest BCUT2D eigenvalue weighted by molar-refractivity contribution is -0.660. The molecule has 3 nitrogen and oxygen atoms in total. The lowest BCUT2D eigenvalue weighted by Gasteiger charge is -2.19. The van der Waals surface area contributed by atoms with E-state index in [2.05, 4.69) is 107 Å². The van der Waals surface area contributed by atoms with E-state index in [9.17, 15) is 5.26 Å². The molecule has 34 heavy (non-hydrogen) atoms. The van der Waals surface area contributed by atoms with Gasteiger partial charge in [0.2, 0.25) is 5.69 Å². The van der Waals surface area contributed by atoms with Crippen LogP contribution in [0.3, 0.4) is 0 Å². The molecule has 3 aromatic carbocycles. The lowest BCUT2D eigenvalue weighted by Crippen LogP contribution is -2.30. The molecule has 0 unspecified atom stereocenters. The van der Waals surface area contributed by atoms with Gasteiger partial charge < -0.3 is 4.42 Å². The smallest absolute Gasteiger partial charge is 0.216 e. The first-order chi connectivity index (χ1) is 16.2. The SMILES string of the molecule is Cc1cc[n+](C)c(-c2c(C)ccc3c2oc2c(-c4ccc(C(C)(C)C)cc4)c(C#N)ccc23)c1. The number of rotatable bonds is 2. The molecule has 0 saturated heterocycles. The van der Waals surface area contributed by atoms with Crippen LogP contribution in [0.15, 0.2) is 71.3 Å². The lowest BCUT2D eigenvalue weighted by atomic mass is 9.86. The molecule has 5 rings (SSSR count). The van der Waals surface area contributed by atoms with Crippen LogP contribution < -0.4 is 4.57 Å². The van der Waals surface area contributed by atoms with E-state index < -0.39 is 0 Å². The number of fused-ring (bicyclic) bond motifs is 3. The quantitative estimate of drug-likeness (QED) is 0.264. The molecule has 0 radical (unpaired) electrons. The number of hydrogen-bond acceptors (Lipinski definition) is 2. The highest BCUT2D eigenvalue weighted by molar-refractivity contribution is 6.14. The van der Waals surface area contributed by atoms with Crippen molar-refractivity contribution in [3.8, 4) is 28.5 Å². The molecule has 2 aromatic heterocycles. The first-order valence-electron chi connectivity index (χ1n) is 11.7. The van der Waals surface area contributed by atoms with Gasteiger partial charge in [-0.2, -0.15) is 5.26 Å². The fourth-order valence-electron chi connectivity index (χ4n) is 4.76. The third kappa shape index (κ3) is 3.47. The fourth-order valence-corrected chi connectivity index (χ4v) is 4.76. The van der Waals surface area contributed by atoms with E-state index in [1.54, 1.807) is 0 Å². The summed E-state index contributed by atoms with van der Waals surface area (Å²) in [6, 6.07) is 23.4. The number of nitrogens with zero attached hydrogens (tertiary/aromatic N) is 2. The number of benzene rings is 3. The summed E-state index contributed by atoms with van der Waals surface area (Å²) in [5, 5.41) is 12.0. The molecule has 2 heterocycles. The van der Waals surface area contributed by atoms with E-state index in [0.29, 0.717) is 5.56 Å². The second-order valence-electron chi connectivity index (χ2n) is 10.2. The molecule has 0 atom stereocenters. The predicted octanol–water partition coefficient (Wildman–Crippen LogP) is 7.53. The second kappa shape index (κ2) is 7.85. The third-order valence-electron chi connectivity index (χ3n) is 6.74. The van der Waals surface area contributed by atoms with Gasteiger partial charge in [0.05, 0.1) is 17.2 Å². The van der Waals surface area contributed by atoms with Crippen molar-refractivity contribution >= 4 is 21.9 Å². The van der Waals surface area contributed by atoms with Crippen LogP contribution in [-0.2, 0) is 12.5 Å². The van der Waals surface area contributed by atoms with Crippen LogP contribution in [-0.4, -0.2) is 0 Å². The van der Waals surface area contributed by atoms with Crippen molar-refractivity contribution in [2.24, 2.45) is 7.05 Å². The number of furan rings is 1. The second-order valence-corrected chi connectivity index (χ2v) is 10.2. The van der Waals surface area contributed by atoms with Crippen LogP contribution >= 0.6 is 0 Å². The van der Waals surface area contributed by atoms with E-state index in [0.717, 1.165) is 49.9 Å². The molecule has 0 bridgehead atoms. The van der Waals surface area contributed by atoms with Gasteiger partial charge in [-0.15, -0.1) is 0 Å². The zero-order valence-electron chi connectivity index (χ0n) is 20.7. The zero-order chi connectivity index (χ0) is 24.2. The summed E-state index contributed by atoms with van der Waals surface area (Å²) >= 11 is 0. The molecule has 0 aliphatic rings. The van der Waals surface area contributed by atoms with Crippen molar-refractivity contribution < 1.29 is 8.98 Å². The standard InChI is InChI=1S/C31H29N2O/c1-19-15-16-33(6)26(17-19)27-20(2)7-13-24-25-14-10-22(18-32)28(30(25)34-29(24)27)21-8-11-23(12-9-21)31(3,4)5/h7-17H,1-6H3/q+1. The van der Waals surface area contributed by atoms with Crippen molar-refractivity contribution in [2.75, 3.05) is 0 Å². The minimum atomic E-state index is 0.0672. The Labute approximate surface area is 200 Å². The minimum absolute atomic E-state index is 0.0672. The van der Waals surface area contributed by atoms with Gasteiger partial charge in [0.15, 0.2) is 6.20 Å². The number of aryl methyl sites for hydroxylation is 3. The molecule has 0 aliphatic heterocycles. The van der Waals surface area contributed by atoms with Crippen LogP contribution in [0.25, 0.3) is 44.3 Å². The van der Waals surface area contributed by atoms with Crippen molar-refractivity contribution in [1.82, 2.24) is 0 Å². The number of pyridine rings is 1. The maximum absolute atomic E-state index is 9.95. The molecule has 168 valence electrons. The molecule has 0 saturated carbocycles. The Bertz CT molecular complexity index is 1610. The monoisotopic (exact) mass is 445 g/mol. The largest absolute Gasteiger partial charge is 0.454 e. The van der Waals surface area contributed by atoms with E-state index in [4.69, 9.17) is 4.42 Å². The van der Waals surface area contributed by atoms with Crippen LogP contribution in [0.5, 0.6) is 0 Å². The summed E-state index contributed by atoms with van der Waals surface area (Å²) in [5.41, 5.74) is 9.98. The van der Waals surface area contributed by atoms with Gasteiger partial charge in [0.1, 0.15) is 18.2 Å². The van der Waals surface area contributed by atoms with Crippen LogP contribution in [0.2, 0.25) is 0 Å². The van der Waals surface area contributed by atoms with E-state index in [1.165, 1.54) is 11.1 Å². The summed E-state index contributed by atoms with van der Waals surface area (Å²) in [5.74, 6) is 0. The predicted molar refractivity (Wildman–Crippen MR) is 139 cm³/mol. The minimum Gasteiger partial charge on any atom is -0.454 e. The average molecular weight is 446 g/mol. The van der Waals surface area contributed by atoms with Gasteiger partial charge in [0, 0.05) is 28.5 Å². The van der Waals surface area contributed by atoms with Gasteiger partial charge in [0.25, 0.3) is 0 Å². The summed E-state index contributed by atoms with van der Waals surface area (Å²) < 4.78 is 8.81. The maximum atomic E-state index is 9.95. The zero-order valence-corrected chi connectivity index (χ0v) is 20.7. The number of hydrogen-bond donors (Lipinski definition) is 0. The molecule has 0 fully saturated rings. The highest BCUT2D eigenvalue weighted by Gasteiger charge is 2.23. The topological polar surface area (TPSA) is 40.8 Å². The van der Waals surface area contributed by atoms with Crippen molar-refractivity contribution in [2.45, 2.75) is 40.0 Å². The van der Waals surface area contributed by atoms with E-state index >= 15 is 0 Å². The Morgan fingerprint density at radius 1 is 0.824 bits per heavy atom. The first kappa shape index (κ1) is 21.9. The molecule has 0 amide bonds. The molecular weight excluding hydrogens is 416 g/mol. The molecule has 5 aromatic rings. The molecule has 3 heteroatoms. The Morgan fingerprint density at radius 2 is 1.47 bits per heavy atom. The third-order valence-corrected chi connectivity index (χ3v) is 6.74. The van der Waals surface area contributed by atoms with E-state index in [-0.39, 0.29) is 5.41 Å².